The molecule has 1 aliphatic heterocycles. The Morgan fingerprint density at radius 2 is 2.13 bits per heavy atom. The van der Waals surface area contributed by atoms with Gasteiger partial charge in [-0.25, -0.2) is 9.59 Å². The highest BCUT2D eigenvalue weighted by atomic mass is 79.9. The van der Waals surface area contributed by atoms with Crippen molar-refractivity contribution in [2.45, 2.75) is 26.3 Å². The summed E-state index contributed by atoms with van der Waals surface area (Å²) < 4.78 is 11.4. The van der Waals surface area contributed by atoms with Crippen LogP contribution in [0.2, 0.25) is 0 Å². The topological polar surface area (TPSA) is 76.7 Å². The molecule has 0 spiro atoms. The molecule has 0 bridgehead atoms. The van der Waals surface area contributed by atoms with E-state index in [1.807, 2.05) is 19.1 Å². The van der Waals surface area contributed by atoms with E-state index in [2.05, 4.69) is 26.6 Å². The van der Waals surface area contributed by atoms with Crippen LogP contribution in [0.3, 0.4) is 0 Å². The minimum Gasteiger partial charge on any atom is -0.496 e. The fourth-order valence-corrected chi connectivity index (χ4v) is 2.78. The summed E-state index contributed by atoms with van der Waals surface area (Å²) in [6.07, 6.45) is 0.725. The minimum atomic E-state index is -0.638. The summed E-state index contributed by atoms with van der Waals surface area (Å²) in [5.74, 6) is 0.123. The zero-order valence-corrected chi connectivity index (χ0v) is 14.8. The van der Waals surface area contributed by atoms with E-state index in [1.165, 1.54) is 0 Å². The summed E-state index contributed by atoms with van der Waals surface area (Å²) in [6, 6.07) is 4.41. The van der Waals surface area contributed by atoms with Crippen molar-refractivity contribution in [3.8, 4) is 5.75 Å². The van der Waals surface area contributed by atoms with E-state index in [0.717, 1.165) is 10.9 Å². The molecule has 0 saturated carbocycles. The SMILES string of the molecule is CCCOC(=O)C1=C(C)NC(=O)N[C@@H]1c1cc(Br)ccc1OC. The first kappa shape index (κ1) is 17.3. The molecule has 6 nitrogen and oxygen atoms in total. The molecule has 1 aromatic carbocycles. The predicted molar refractivity (Wildman–Crippen MR) is 89.1 cm³/mol. The van der Waals surface area contributed by atoms with Crippen molar-refractivity contribution in [1.82, 2.24) is 10.6 Å². The number of urea groups is 1. The van der Waals surface area contributed by atoms with Crippen molar-refractivity contribution < 1.29 is 19.1 Å². The lowest BCUT2D eigenvalue weighted by Gasteiger charge is -2.29. The first-order valence-electron chi connectivity index (χ1n) is 7.26. The van der Waals surface area contributed by atoms with Gasteiger partial charge < -0.3 is 20.1 Å². The van der Waals surface area contributed by atoms with Crippen molar-refractivity contribution in [2.24, 2.45) is 0 Å². The van der Waals surface area contributed by atoms with Crippen LogP contribution in [-0.4, -0.2) is 25.7 Å². The molecule has 0 fully saturated rings. The first-order valence-corrected chi connectivity index (χ1v) is 8.06. The number of carbonyl (C=O) groups is 2. The smallest absolute Gasteiger partial charge is 0.338 e. The average Bonchev–Trinajstić information content (AvgIpc) is 2.51. The number of hydrogen-bond acceptors (Lipinski definition) is 4. The fourth-order valence-electron chi connectivity index (χ4n) is 2.40. The molecule has 0 radical (unpaired) electrons. The normalized spacial score (nSPS) is 17.4. The predicted octanol–water partition coefficient (Wildman–Crippen LogP) is 3.04. The number of esters is 1. The zero-order chi connectivity index (χ0) is 17.0. The Morgan fingerprint density at radius 1 is 1.39 bits per heavy atom. The third-order valence-electron chi connectivity index (χ3n) is 3.43. The molecule has 0 unspecified atom stereocenters. The number of halogens is 1. The standard InChI is InChI=1S/C16H19BrN2O4/c1-4-7-23-15(20)13-9(2)18-16(21)19-14(13)11-8-10(17)5-6-12(11)22-3/h5-6,8,14H,4,7H2,1-3H3,(H2,18,19,21)/t14-/m1/s1. The Balaban J connectivity index is 2.49. The van der Waals surface area contributed by atoms with Gasteiger partial charge in [0.2, 0.25) is 0 Å². The Kier molecular flexibility index (Phi) is 5.65. The maximum absolute atomic E-state index is 12.4. The lowest BCUT2D eigenvalue weighted by Crippen LogP contribution is -2.45. The summed E-state index contributed by atoms with van der Waals surface area (Å²) in [7, 11) is 1.54. The van der Waals surface area contributed by atoms with Gasteiger partial charge in [0.15, 0.2) is 0 Å². The third kappa shape index (κ3) is 3.85. The highest BCUT2D eigenvalue weighted by Crippen LogP contribution is 2.35. The van der Waals surface area contributed by atoms with Gasteiger partial charge in [0.05, 0.1) is 25.3 Å². The van der Waals surface area contributed by atoms with Crippen LogP contribution in [0.1, 0.15) is 31.9 Å². The number of amides is 2. The lowest BCUT2D eigenvalue weighted by molar-refractivity contribution is -0.139. The van der Waals surface area contributed by atoms with Crippen molar-refractivity contribution in [3.63, 3.8) is 0 Å². The molecular weight excluding hydrogens is 364 g/mol. The summed E-state index contributed by atoms with van der Waals surface area (Å²) in [5.41, 5.74) is 1.52. The van der Waals surface area contributed by atoms with E-state index >= 15 is 0 Å². The van der Waals surface area contributed by atoms with Gasteiger partial charge in [-0.05, 0) is 31.5 Å². The van der Waals surface area contributed by atoms with Crippen molar-refractivity contribution in [3.05, 3.63) is 39.5 Å². The zero-order valence-electron chi connectivity index (χ0n) is 13.2. The molecular formula is C16H19BrN2O4. The van der Waals surface area contributed by atoms with Crippen LogP contribution in [0.15, 0.2) is 33.9 Å². The molecule has 1 heterocycles. The lowest BCUT2D eigenvalue weighted by atomic mass is 9.95. The highest BCUT2D eigenvalue weighted by Gasteiger charge is 2.33. The Labute approximate surface area is 143 Å². The van der Waals surface area contributed by atoms with Gasteiger partial charge in [-0.15, -0.1) is 0 Å². The molecule has 2 amide bonds. The molecule has 0 saturated heterocycles. The Bertz CT molecular complexity index is 657. The maximum atomic E-state index is 12.4. The molecule has 1 aliphatic rings. The van der Waals surface area contributed by atoms with Gasteiger partial charge in [0.25, 0.3) is 0 Å². The molecule has 124 valence electrons. The van der Waals surface area contributed by atoms with E-state index in [4.69, 9.17) is 9.47 Å². The van der Waals surface area contributed by atoms with E-state index in [-0.39, 0.29) is 6.03 Å². The summed E-state index contributed by atoms with van der Waals surface area (Å²) >= 11 is 3.41. The van der Waals surface area contributed by atoms with Crippen LogP contribution in [0.25, 0.3) is 0 Å². The van der Waals surface area contributed by atoms with E-state index in [9.17, 15) is 9.59 Å². The minimum absolute atomic E-state index is 0.325. The van der Waals surface area contributed by atoms with Crippen molar-refractivity contribution >= 4 is 27.9 Å². The maximum Gasteiger partial charge on any atom is 0.338 e. The number of carbonyl (C=O) groups excluding carboxylic acids is 2. The molecule has 23 heavy (non-hydrogen) atoms. The molecule has 1 atom stereocenters. The molecule has 2 N–H and O–H groups in total. The van der Waals surface area contributed by atoms with E-state index in [0.29, 0.717) is 29.2 Å². The number of hydrogen-bond donors (Lipinski definition) is 2. The van der Waals surface area contributed by atoms with Gasteiger partial charge in [0.1, 0.15) is 5.75 Å². The fraction of sp³-hybridized carbons (Fsp3) is 0.375. The molecule has 7 heteroatoms. The largest absolute Gasteiger partial charge is 0.496 e. The second-order valence-corrected chi connectivity index (χ2v) is 6.01. The monoisotopic (exact) mass is 382 g/mol. The van der Waals surface area contributed by atoms with Crippen LogP contribution < -0.4 is 15.4 Å². The molecule has 2 rings (SSSR count). The first-order chi connectivity index (χ1) is 11.0. The second kappa shape index (κ2) is 7.50. The second-order valence-electron chi connectivity index (χ2n) is 5.09. The third-order valence-corrected chi connectivity index (χ3v) is 3.92. The summed E-state index contributed by atoms with van der Waals surface area (Å²) in [4.78, 5) is 24.3. The molecule has 0 aliphatic carbocycles. The Morgan fingerprint density at radius 3 is 2.78 bits per heavy atom. The van der Waals surface area contributed by atoms with Crippen molar-refractivity contribution in [1.29, 1.82) is 0 Å². The summed E-state index contributed by atoms with van der Waals surface area (Å²) in [5, 5.41) is 5.38. The van der Waals surface area contributed by atoms with Gasteiger partial charge in [0, 0.05) is 15.7 Å². The van der Waals surface area contributed by atoms with Crippen LogP contribution in [-0.2, 0) is 9.53 Å². The number of ether oxygens (including phenoxy) is 2. The number of methoxy groups -OCH3 is 1. The van der Waals surface area contributed by atoms with Crippen molar-refractivity contribution in [2.75, 3.05) is 13.7 Å². The molecule has 0 aromatic heterocycles. The van der Waals surface area contributed by atoms with Crippen LogP contribution >= 0.6 is 15.9 Å². The van der Waals surface area contributed by atoms with Gasteiger partial charge in [-0.3, -0.25) is 0 Å². The number of nitrogens with one attached hydrogen (secondary N) is 2. The van der Waals surface area contributed by atoms with E-state index in [1.54, 1.807) is 20.1 Å². The Hall–Kier alpha value is -2.02. The average molecular weight is 383 g/mol. The van der Waals surface area contributed by atoms with Gasteiger partial charge >= 0.3 is 12.0 Å². The van der Waals surface area contributed by atoms with Gasteiger partial charge in [-0.2, -0.15) is 0 Å². The van der Waals surface area contributed by atoms with Gasteiger partial charge in [-0.1, -0.05) is 22.9 Å². The summed E-state index contributed by atoms with van der Waals surface area (Å²) in [6.45, 7) is 3.93. The quantitative estimate of drug-likeness (QED) is 0.767. The van der Waals surface area contributed by atoms with E-state index < -0.39 is 12.0 Å². The number of benzene rings is 1. The number of rotatable bonds is 5. The highest BCUT2D eigenvalue weighted by molar-refractivity contribution is 9.10. The van der Waals surface area contributed by atoms with Crippen LogP contribution in [0.5, 0.6) is 5.75 Å². The van der Waals surface area contributed by atoms with Crippen LogP contribution in [0, 0.1) is 0 Å². The number of allylic oxidation sites excluding steroid dienone is 1. The molecule has 1 aromatic rings. The van der Waals surface area contributed by atoms with Crippen LogP contribution in [0.4, 0.5) is 4.79 Å².